The lowest BCUT2D eigenvalue weighted by Gasteiger charge is -2.37. The number of hydrogen-bond acceptors (Lipinski definition) is 7. The Morgan fingerprint density at radius 1 is 1.28 bits per heavy atom. The molecule has 2 N–H and O–H groups in total. The summed E-state index contributed by atoms with van der Waals surface area (Å²) in [5, 5.41) is 0.480. The molecule has 0 aliphatic carbocycles. The molecule has 8 heteroatoms. The van der Waals surface area contributed by atoms with Gasteiger partial charge in [-0.25, -0.2) is 15.0 Å². The fourth-order valence-corrected chi connectivity index (χ4v) is 3.09. The maximum absolute atomic E-state index is 6.20. The minimum atomic E-state index is -0.0895. The third kappa shape index (κ3) is 3.29. The lowest BCUT2D eigenvalue weighted by atomic mass is 9.91. The van der Waals surface area contributed by atoms with Crippen molar-refractivity contribution in [1.82, 2.24) is 15.0 Å². The van der Waals surface area contributed by atoms with Crippen molar-refractivity contribution < 1.29 is 4.74 Å². The summed E-state index contributed by atoms with van der Waals surface area (Å²) < 4.78 is 5.77. The number of halogens is 1. The van der Waals surface area contributed by atoms with E-state index in [0.29, 0.717) is 28.9 Å². The molecule has 0 bridgehead atoms. The topological polar surface area (TPSA) is 89.5 Å². The number of rotatable bonds is 2. The minimum absolute atomic E-state index is 0.0895. The van der Waals surface area contributed by atoms with Crippen molar-refractivity contribution in [3.8, 4) is 5.75 Å². The van der Waals surface area contributed by atoms with Gasteiger partial charge in [-0.1, -0.05) is 11.6 Å². The van der Waals surface area contributed by atoms with Gasteiger partial charge in [-0.2, -0.15) is 0 Å². The molecular formula is C17H19ClN6O. The first-order valence-corrected chi connectivity index (χ1v) is 8.62. The van der Waals surface area contributed by atoms with Gasteiger partial charge in [0.15, 0.2) is 5.75 Å². The van der Waals surface area contributed by atoms with Gasteiger partial charge in [-0.15, -0.1) is 0 Å². The van der Waals surface area contributed by atoms with Gasteiger partial charge in [0.05, 0.1) is 29.7 Å². The quantitative estimate of drug-likeness (QED) is 0.885. The van der Waals surface area contributed by atoms with Crippen molar-refractivity contribution in [3.05, 3.63) is 41.1 Å². The number of ether oxygens (including phenoxy) is 1. The van der Waals surface area contributed by atoms with Gasteiger partial charge in [-0.05, 0) is 25.8 Å². The van der Waals surface area contributed by atoms with Gasteiger partial charge in [-0.3, -0.25) is 4.98 Å². The highest BCUT2D eigenvalue weighted by Gasteiger charge is 2.28. The van der Waals surface area contributed by atoms with Gasteiger partial charge < -0.3 is 15.4 Å². The Morgan fingerprint density at radius 3 is 2.84 bits per heavy atom. The zero-order valence-corrected chi connectivity index (χ0v) is 14.7. The molecule has 25 heavy (non-hydrogen) atoms. The van der Waals surface area contributed by atoms with Crippen LogP contribution < -0.4 is 15.4 Å². The molecule has 0 saturated carbocycles. The molecule has 0 atom stereocenters. The lowest BCUT2D eigenvalue weighted by Crippen LogP contribution is -2.48. The predicted molar refractivity (Wildman–Crippen MR) is 96.2 cm³/mol. The third-order valence-electron chi connectivity index (χ3n) is 4.58. The summed E-state index contributed by atoms with van der Waals surface area (Å²) in [6.45, 7) is 4.32. The first-order valence-electron chi connectivity index (χ1n) is 8.24. The second-order valence-corrected chi connectivity index (χ2v) is 7.10. The number of fused-ring (bicyclic) bond motifs is 1. The number of nitrogens with two attached hydrogens (primary N) is 1. The van der Waals surface area contributed by atoms with Crippen molar-refractivity contribution in [2.45, 2.75) is 31.8 Å². The summed E-state index contributed by atoms with van der Waals surface area (Å²) in [5.74, 6) is 1.75. The molecule has 0 radical (unpaired) electrons. The van der Waals surface area contributed by atoms with Crippen LogP contribution in [-0.4, -0.2) is 39.5 Å². The summed E-state index contributed by atoms with van der Waals surface area (Å²) in [6, 6.07) is 1.67. The van der Waals surface area contributed by atoms with E-state index in [0.717, 1.165) is 37.4 Å². The summed E-state index contributed by atoms with van der Waals surface area (Å²) in [6.07, 6.45) is 6.82. The van der Waals surface area contributed by atoms with E-state index in [1.807, 2.05) is 0 Å². The molecule has 2 aromatic rings. The molecule has 130 valence electrons. The van der Waals surface area contributed by atoms with Crippen LogP contribution in [0.15, 0.2) is 29.6 Å². The normalized spacial score (nSPS) is 18.7. The molecule has 7 nitrogen and oxygen atoms in total. The van der Waals surface area contributed by atoms with E-state index in [9.17, 15) is 0 Å². The lowest BCUT2D eigenvalue weighted by molar-refractivity contribution is 0.363. The Labute approximate surface area is 150 Å². The monoisotopic (exact) mass is 358 g/mol. The van der Waals surface area contributed by atoms with Crippen LogP contribution in [0.5, 0.6) is 5.75 Å². The molecule has 2 aromatic heterocycles. The molecule has 2 aliphatic heterocycles. The van der Waals surface area contributed by atoms with Crippen molar-refractivity contribution in [2.75, 3.05) is 18.0 Å². The zero-order chi connectivity index (χ0) is 17.4. The molecule has 0 spiro atoms. The van der Waals surface area contributed by atoms with Gasteiger partial charge in [0.2, 0.25) is 5.90 Å². The Hall–Kier alpha value is -2.25. The Kier molecular flexibility index (Phi) is 4.05. The highest BCUT2D eigenvalue weighted by molar-refractivity contribution is 6.32. The largest absolute Gasteiger partial charge is 0.434 e. The zero-order valence-electron chi connectivity index (χ0n) is 13.9. The number of aliphatic imine (C=N–C) groups is 1. The molecule has 0 amide bonds. The van der Waals surface area contributed by atoms with Crippen molar-refractivity contribution in [3.63, 3.8) is 0 Å². The van der Waals surface area contributed by atoms with Gasteiger partial charge in [0.25, 0.3) is 0 Å². The van der Waals surface area contributed by atoms with Crippen LogP contribution in [0.3, 0.4) is 0 Å². The SMILES string of the molecule is CC1(N)CCN(c2cnc3c(n2)CN=C3Oc2cnccc2Cl)CC1. The fourth-order valence-electron chi connectivity index (χ4n) is 2.95. The van der Waals surface area contributed by atoms with E-state index in [2.05, 4.69) is 26.8 Å². The van der Waals surface area contributed by atoms with E-state index in [4.69, 9.17) is 27.1 Å². The van der Waals surface area contributed by atoms with Gasteiger partial charge in [0, 0.05) is 24.8 Å². The number of pyridine rings is 1. The maximum Gasteiger partial charge on any atom is 0.243 e. The van der Waals surface area contributed by atoms with E-state index in [-0.39, 0.29) is 5.54 Å². The third-order valence-corrected chi connectivity index (χ3v) is 4.89. The molecule has 2 aliphatic rings. The van der Waals surface area contributed by atoms with Gasteiger partial charge in [0.1, 0.15) is 11.5 Å². The molecule has 0 aromatic carbocycles. The molecule has 1 fully saturated rings. The summed E-state index contributed by atoms with van der Waals surface area (Å²) >= 11 is 6.11. The Morgan fingerprint density at radius 2 is 2.08 bits per heavy atom. The molecule has 4 rings (SSSR count). The van der Waals surface area contributed by atoms with E-state index in [1.165, 1.54) is 0 Å². The van der Waals surface area contributed by atoms with Crippen LogP contribution >= 0.6 is 11.6 Å². The number of aromatic nitrogens is 3. The molecular weight excluding hydrogens is 340 g/mol. The number of anilines is 1. The first-order chi connectivity index (χ1) is 12.0. The van der Waals surface area contributed by atoms with Crippen LogP contribution in [0.4, 0.5) is 5.82 Å². The number of hydrogen-bond donors (Lipinski definition) is 1. The van der Waals surface area contributed by atoms with Crippen LogP contribution in [-0.2, 0) is 6.54 Å². The predicted octanol–water partition coefficient (Wildman–Crippen LogP) is 2.18. The van der Waals surface area contributed by atoms with Crippen molar-refractivity contribution in [1.29, 1.82) is 0 Å². The van der Waals surface area contributed by atoms with Crippen LogP contribution in [0.25, 0.3) is 0 Å². The van der Waals surface area contributed by atoms with E-state index in [1.54, 1.807) is 24.7 Å². The maximum atomic E-state index is 6.20. The number of nitrogens with zero attached hydrogens (tertiary/aromatic N) is 5. The van der Waals surface area contributed by atoms with Crippen LogP contribution in [0, 0.1) is 0 Å². The highest BCUT2D eigenvalue weighted by Crippen LogP contribution is 2.27. The molecule has 0 unspecified atom stereocenters. The second kappa shape index (κ2) is 6.24. The van der Waals surface area contributed by atoms with Gasteiger partial charge >= 0.3 is 0 Å². The smallest absolute Gasteiger partial charge is 0.243 e. The summed E-state index contributed by atoms with van der Waals surface area (Å²) in [5.41, 5.74) is 7.58. The first kappa shape index (κ1) is 16.2. The average molecular weight is 359 g/mol. The summed E-state index contributed by atoms with van der Waals surface area (Å²) in [4.78, 5) is 19.9. The number of piperidine rings is 1. The Bertz CT molecular complexity index is 828. The van der Waals surface area contributed by atoms with Crippen molar-refractivity contribution in [2.24, 2.45) is 10.7 Å². The standard InChI is InChI=1S/C17H19ClN6O/c1-17(19)3-6-24(7-4-17)14-10-21-15-12(23-14)8-22-16(15)25-13-9-20-5-2-11(13)18/h2,5,9-10H,3-4,6-8,19H2,1H3. The fraction of sp³-hybridized carbons (Fsp3) is 0.412. The molecule has 1 saturated heterocycles. The molecule has 4 heterocycles. The average Bonchev–Trinajstić information content (AvgIpc) is 2.99. The minimum Gasteiger partial charge on any atom is -0.434 e. The Balaban J connectivity index is 1.51. The van der Waals surface area contributed by atoms with Crippen LogP contribution in [0.1, 0.15) is 31.2 Å². The van der Waals surface area contributed by atoms with E-state index < -0.39 is 0 Å². The van der Waals surface area contributed by atoms with Crippen LogP contribution in [0.2, 0.25) is 5.02 Å². The van der Waals surface area contributed by atoms with E-state index >= 15 is 0 Å². The summed E-state index contributed by atoms with van der Waals surface area (Å²) in [7, 11) is 0. The van der Waals surface area contributed by atoms with Crippen molar-refractivity contribution >= 4 is 23.3 Å². The highest BCUT2D eigenvalue weighted by atomic mass is 35.5. The second-order valence-electron chi connectivity index (χ2n) is 6.69.